The van der Waals surface area contributed by atoms with E-state index in [1.807, 2.05) is 0 Å². The van der Waals surface area contributed by atoms with Gasteiger partial charge in [0.1, 0.15) is 11.6 Å². The number of benzene rings is 2. The molecule has 6 heteroatoms. The highest BCUT2D eigenvalue weighted by atomic mass is 79.9. The molecule has 1 atom stereocenters. The molecule has 0 amide bonds. The van der Waals surface area contributed by atoms with Crippen molar-refractivity contribution in [3.8, 4) is 5.75 Å². The van der Waals surface area contributed by atoms with Crippen molar-refractivity contribution < 1.29 is 9.13 Å². The first-order chi connectivity index (χ1) is 9.45. The van der Waals surface area contributed by atoms with E-state index in [1.165, 1.54) is 13.2 Å². The predicted molar refractivity (Wildman–Crippen MR) is 84.8 cm³/mol. The lowest BCUT2D eigenvalue weighted by molar-refractivity contribution is 0.406. The number of methoxy groups -OCH3 is 1. The monoisotopic (exact) mass is 396 g/mol. The van der Waals surface area contributed by atoms with Crippen LogP contribution in [-0.2, 0) is 0 Å². The van der Waals surface area contributed by atoms with Crippen molar-refractivity contribution in [3.05, 3.63) is 61.8 Å². The van der Waals surface area contributed by atoms with Gasteiger partial charge in [-0.1, -0.05) is 29.3 Å². The second-order valence-electron chi connectivity index (χ2n) is 4.01. The van der Waals surface area contributed by atoms with Crippen LogP contribution in [0.4, 0.5) is 4.39 Å². The summed E-state index contributed by atoms with van der Waals surface area (Å²) in [6, 6.07) is 7.95. The van der Waals surface area contributed by atoms with E-state index in [0.29, 0.717) is 31.4 Å². The first kappa shape index (κ1) is 15.9. The van der Waals surface area contributed by atoms with Gasteiger partial charge in [0.05, 0.1) is 17.0 Å². The summed E-state index contributed by atoms with van der Waals surface area (Å²) in [6.07, 6.45) is 0. The fourth-order valence-electron chi connectivity index (χ4n) is 1.83. The molecule has 0 radical (unpaired) electrons. The van der Waals surface area contributed by atoms with E-state index in [-0.39, 0.29) is 0 Å². The van der Waals surface area contributed by atoms with E-state index in [4.69, 9.17) is 39.5 Å². The molecule has 0 saturated heterocycles. The van der Waals surface area contributed by atoms with Gasteiger partial charge in [-0.05, 0) is 34.1 Å². The maximum Gasteiger partial charge on any atom is 0.141 e. The maximum atomic E-state index is 13.5. The maximum absolute atomic E-state index is 13.5. The largest absolute Gasteiger partial charge is 0.496 e. The molecular formula is C14H9BrCl3FO. The van der Waals surface area contributed by atoms with Crippen LogP contribution in [-0.4, -0.2) is 7.11 Å². The molecule has 0 saturated carbocycles. The molecule has 0 N–H and O–H groups in total. The molecule has 0 spiro atoms. The Bertz CT molecular complexity index is 628. The number of ether oxygens (including phenoxy) is 1. The van der Waals surface area contributed by atoms with E-state index in [9.17, 15) is 4.39 Å². The number of rotatable bonds is 3. The third kappa shape index (κ3) is 3.06. The summed E-state index contributed by atoms with van der Waals surface area (Å²) in [7, 11) is 1.45. The lowest BCUT2D eigenvalue weighted by Crippen LogP contribution is -2.00. The van der Waals surface area contributed by atoms with E-state index >= 15 is 0 Å². The van der Waals surface area contributed by atoms with Crippen LogP contribution in [0.3, 0.4) is 0 Å². The van der Waals surface area contributed by atoms with Crippen LogP contribution in [0.25, 0.3) is 0 Å². The number of halogens is 5. The second kappa shape index (κ2) is 6.52. The normalized spacial score (nSPS) is 12.3. The first-order valence-electron chi connectivity index (χ1n) is 5.56. The Morgan fingerprint density at radius 2 is 1.80 bits per heavy atom. The summed E-state index contributed by atoms with van der Waals surface area (Å²) in [4.78, 5) is 0. The molecule has 0 aromatic heterocycles. The van der Waals surface area contributed by atoms with Gasteiger partial charge in [-0.25, -0.2) is 4.39 Å². The van der Waals surface area contributed by atoms with E-state index in [0.717, 1.165) is 0 Å². The lowest BCUT2D eigenvalue weighted by Gasteiger charge is -2.17. The Hall–Kier alpha value is -0.480. The van der Waals surface area contributed by atoms with Gasteiger partial charge >= 0.3 is 0 Å². The molecule has 106 valence electrons. The van der Waals surface area contributed by atoms with Crippen molar-refractivity contribution >= 4 is 50.7 Å². The Morgan fingerprint density at radius 3 is 2.35 bits per heavy atom. The Balaban J connectivity index is 2.59. The molecule has 1 unspecified atom stereocenters. The van der Waals surface area contributed by atoms with E-state index in [2.05, 4.69) is 15.9 Å². The van der Waals surface area contributed by atoms with Crippen molar-refractivity contribution in [2.75, 3.05) is 7.11 Å². The third-order valence-electron chi connectivity index (χ3n) is 2.80. The van der Waals surface area contributed by atoms with Crippen LogP contribution in [0.5, 0.6) is 5.75 Å². The number of hydrogen-bond acceptors (Lipinski definition) is 1. The average molecular weight is 398 g/mol. The Morgan fingerprint density at radius 1 is 1.20 bits per heavy atom. The molecule has 0 bridgehead atoms. The summed E-state index contributed by atoms with van der Waals surface area (Å²) in [5.74, 6) is -0.0959. The highest BCUT2D eigenvalue weighted by Gasteiger charge is 2.22. The standard InChI is InChI=1S/C14H9BrCl3FO/c1-20-12-6-11(19)8(15)5-7(12)14(18)13-9(16)3-2-4-10(13)17/h2-6,14H,1H3. The molecule has 0 aliphatic rings. The molecule has 0 aliphatic heterocycles. The second-order valence-corrected chi connectivity index (χ2v) is 6.11. The van der Waals surface area contributed by atoms with Crippen molar-refractivity contribution in [1.29, 1.82) is 0 Å². The predicted octanol–water partition coefficient (Wildman–Crippen LogP) is 6.23. The fraction of sp³-hybridized carbons (Fsp3) is 0.143. The van der Waals surface area contributed by atoms with Gasteiger partial charge in [-0.2, -0.15) is 0 Å². The summed E-state index contributed by atoms with van der Waals surface area (Å²) < 4.78 is 19.0. The minimum Gasteiger partial charge on any atom is -0.496 e. The number of hydrogen-bond donors (Lipinski definition) is 0. The molecule has 2 aromatic rings. The molecule has 0 aliphatic carbocycles. The highest BCUT2D eigenvalue weighted by molar-refractivity contribution is 9.10. The van der Waals surface area contributed by atoms with Crippen LogP contribution in [0.2, 0.25) is 10.0 Å². The third-order valence-corrected chi connectivity index (χ3v) is 4.52. The Labute approximate surface area is 139 Å². The highest BCUT2D eigenvalue weighted by Crippen LogP contribution is 2.42. The topological polar surface area (TPSA) is 9.23 Å². The van der Waals surface area contributed by atoms with E-state index < -0.39 is 11.2 Å². The molecular weight excluding hydrogens is 389 g/mol. The van der Waals surface area contributed by atoms with Gasteiger partial charge in [0.25, 0.3) is 0 Å². The molecule has 2 rings (SSSR count). The lowest BCUT2D eigenvalue weighted by atomic mass is 10.0. The number of alkyl halides is 1. The SMILES string of the molecule is COc1cc(F)c(Br)cc1C(Cl)c1c(Cl)cccc1Cl. The minimum absolute atomic E-state index is 0.294. The molecule has 0 heterocycles. The average Bonchev–Trinajstić information content (AvgIpc) is 2.41. The van der Waals surface area contributed by atoms with Crippen LogP contribution in [0.1, 0.15) is 16.5 Å². The molecule has 2 aromatic carbocycles. The summed E-state index contributed by atoms with van der Waals surface area (Å²) in [5.41, 5.74) is 1.15. The van der Waals surface area contributed by atoms with Crippen LogP contribution < -0.4 is 4.74 Å². The van der Waals surface area contributed by atoms with Crippen LogP contribution >= 0.6 is 50.7 Å². The van der Waals surface area contributed by atoms with Crippen LogP contribution in [0, 0.1) is 5.82 Å². The van der Waals surface area contributed by atoms with Crippen molar-refractivity contribution in [3.63, 3.8) is 0 Å². The first-order valence-corrected chi connectivity index (χ1v) is 7.55. The van der Waals surface area contributed by atoms with Gasteiger partial charge in [0.15, 0.2) is 0 Å². The quantitative estimate of drug-likeness (QED) is 0.557. The zero-order valence-corrected chi connectivity index (χ0v) is 14.1. The fourth-order valence-corrected chi connectivity index (χ4v) is 3.32. The van der Waals surface area contributed by atoms with Gasteiger partial charge in [-0.3, -0.25) is 0 Å². The van der Waals surface area contributed by atoms with Gasteiger partial charge in [0.2, 0.25) is 0 Å². The van der Waals surface area contributed by atoms with Crippen molar-refractivity contribution in [2.24, 2.45) is 0 Å². The van der Waals surface area contributed by atoms with Crippen molar-refractivity contribution in [1.82, 2.24) is 0 Å². The smallest absolute Gasteiger partial charge is 0.141 e. The van der Waals surface area contributed by atoms with E-state index in [1.54, 1.807) is 24.3 Å². The molecule has 1 nitrogen and oxygen atoms in total. The van der Waals surface area contributed by atoms with Crippen LogP contribution in [0.15, 0.2) is 34.8 Å². The van der Waals surface area contributed by atoms with Gasteiger partial charge < -0.3 is 4.74 Å². The summed E-state index contributed by atoms with van der Waals surface area (Å²) in [6.45, 7) is 0. The molecule has 0 fully saturated rings. The Kier molecular flexibility index (Phi) is 5.19. The minimum atomic E-state index is -0.650. The van der Waals surface area contributed by atoms with Gasteiger partial charge in [0, 0.05) is 27.2 Å². The zero-order chi connectivity index (χ0) is 14.9. The summed E-state index contributed by atoms with van der Waals surface area (Å²) in [5, 5.41) is 0.239. The van der Waals surface area contributed by atoms with Crippen molar-refractivity contribution in [2.45, 2.75) is 5.38 Å². The molecule has 20 heavy (non-hydrogen) atoms. The zero-order valence-electron chi connectivity index (χ0n) is 10.3. The van der Waals surface area contributed by atoms with Gasteiger partial charge in [-0.15, -0.1) is 11.6 Å². The summed E-state index contributed by atoms with van der Waals surface area (Å²) >= 11 is 21.9.